The number of nitrogens with zero attached hydrogens (tertiary/aromatic N) is 1. The van der Waals surface area contributed by atoms with Crippen LogP contribution in [0.1, 0.15) is 37.7 Å². The zero-order chi connectivity index (χ0) is 15.5. The van der Waals surface area contributed by atoms with Crippen molar-refractivity contribution in [2.45, 2.75) is 38.5 Å². The maximum absolute atomic E-state index is 11.4. The Balaban J connectivity index is 2.28. The van der Waals surface area contributed by atoms with E-state index in [-0.39, 0.29) is 5.69 Å². The van der Waals surface area contributed by atoms with E-state index in [4.69, 9.17) is 0 Å². The molecule has 0 saturated heterocycles. The van der Waals surface area contributed by atoms with Gasteiger partial charge in [-0.3, -0.25) is 14.8 Å². The Kier molecular flexibility index (Phi) is 4.82. The predicted molar refractivity (Wildman–Crippen MR) is 81.8 cm³/mol. The van der Waals surface area contributed by atoms with Gasteiger partial charge in [0.1, 0.15) is 0 Å². The van der Waals surface area contributed by atoms with Gasteiger partial charge in [0.2, 0.25) is 10.0 Å². The lowest BCUT2D eigenvalue weighted by molar-refractivity contribution is -0.384. The van der Waals surface area contributed by atoms with E-state index < -0.39 is 14.9 Å². The van der Waals surface area contributed by atoms with Crippen molar-refractivity contribution in [3.63, 3.8) is 0 Å². The third kappa shape index (κ3) is 4.70. The van der Waals surface area contributed by atoms with Crippen molar-refractivity contribution in [2.24, 2.45) is 5.92 Å². The molecular formula is C14H20N2O4S. The van der Waals surface area contributed by atoms with Crippen LogP contribution in [0, 0.1) is 16.0 Å². The van der Waals surface area contributed by atoms with Gasteiger partial charge in [0.05, 0.1) is 16.9 Å². The first-order valence-corrected chi connectivity index (χ1v) is 8.99. The minimum atomic E-state index is -3.39. The van der Waals surface area contributed by atoms with Crippen LogP contribution >= 0.6 is 0 Å². The van der Waals surface area contributed by atoms with Gasteiger partial charge in [-0.25, -0.2) is 8.42 Å². The molecule has 1 fully saturated rings. The molecule has 0 spiro atoms. The minimum Gasteiger partial charge on any atom is -0.283 e. The lowest BCUT2D eigenvalue weighted by atomic mass is 9.84. The summed E-state index contributed by atoms with van der Waals surface area (Å²) >= 11 is 0. The van der Waals surface area contributed by atoms with Crippen molar-refractivity contribution in [1.82, 2.24) is 0 Å². The van der Waals surface area contributed by atoms with Crippen LogP contribution in [0.4, 0.5) is 11.4 Å². The smallest absolute Gasteiger partial charge is 0.269 e. The molecule has 7 heteroatoms. The molecule has 1 aromatic rings. The summed E-state index contributed by atoms with van der Waals surface area (Å²) in [4.78, 5) is 10.5. The number of nitro benzene ring substituents is 1. The molecule has 0 atom stereocenters. The fourth-order valence-electron chi connectivity index (χ4n) is 2.86. The summed E-state index contributed by atoms with van der Waals surface area (Å²) in [6.07, 6.45) is 7.54. The standard InChI is InChI=1S/C14H20N2O4S/c1-21(19,20)15-14-8-7-13(16(17)18)10-12(14)9-11-5-3-2-4-6-11/h7-8,10-11,15H,2-6,9H2,1H3. The lowest BCUT2D eigenvalue weighted by Crippen LogP contribution is -2.14. The van der Waals surface area contributed by atoms with Crippen LogP contribution in [-0.2, 0) is 16.4 Å². The Morgan fingerprint density at radius 2 is 1.95 bits per heavy atom. The van der Waals surface area contributed by atoms with E-state index in [1.165, 1.54) is 37.5 Å². The van der Waals surface area contributed by atoms with Crippen molar-refractivity contribution in [1.29, 1.82) is 0 Å². The highest BCUT2D eigenvalue weighted by Gasteiger charge is 2.19. The number of anilines is 1. The van der Waals surface area contributed by atoms with Gasteiger partial charge in [-0.1, -0.05) is 32.1 Å². The van der Waals surface area contributed by atoms with Crippen LogP contribution in [-0.4, -0.2) is 19.6 Å². The van der Waals surface area contributed by atoms with Crippen molar-refractivity contribution in [2.75, 3.05) is 11.0 Å². The van der Waals surface area contributed by atoms with Gasteiger partial charge in [0.25, 0.3) is 5.69 Å². The van der Waals surface area contributed by atoms with Gasteiger partial charge in [0, 0.05) is 12.1 Å². The number of nitrogens with one attached hydrogen (secondary N) is 1. The molecule has 1 N–H and O–H groups in total. The molecule has 0 heterocycles. The van der Waals surface area contributed by atoms with E-state index in [0.29, 0.717) is 23.6 Å². The summed E-state index contributed by atoms with van der Waals surface area (Å²) < 4.78 is 25.3. The minimum absolute atomic E-state index is 0.000129. The van der Waals surface area contributed by atoms with Gasteiger partial charge in [-0.05, 0) is 24.0 Å². The van der Waals surface area contributed by atoms with E-state index in [2.05, 4.69) is 4.72 Å². The third-order valence-corrected chi connectivity index (χ3v) is 4.42. The van der Waals surface area contributed by atoms with E-state index in [0.717, 1.165) is 19.1 Å². The van der Waals surface area contributed by atoms with Crippen LogP contribution < -0.4 is 4.72 Å². The molecule has 0 amide bonds. The van der Waals surface area contributed by atoms with Crippen LogP contribution in [0.15, 0.2) is 18.2 Å². The quantitative estimate of drug-likeness (QED) is 0.668. The lowest BCUT2D eigenvalue weighted by Gasteiger charge is -2.22. The highest BCUT2D eigenvalue weighted by atomic mass is 32.2. The molecule has 0 radical (unpaired) electrons. The third-order valence-electron chi connectivity index (χ3n) is 3.83. The Morgan fingerprint density at radius 1 is 1.29 bits per heavy atom. The average Bonchev–Trinajstić information content (AvgIpc) is 2.40. The SMILES string of the molecule is CS(=O)(=O)Nc1ccc([N+](=O)[O-])cc1CC1CCCCC1. The van der Waals surface area contributed by atoms with Crippen LogP contribution in [0.25, 0.3) is 0 Å². The maximum atomic E-state index is 11.4. The van der Waals surface area contributed by atoms with Gasteiger partial charge in [0.15, 0.2) is 0 Å². The Hall–Kier alpha value is -1.63. The number of rotatable bonds is 5. The monoisotopic (exact) mass is 312 g/mol. The maximum Gasteiger partial charge on any atom is 0.269 e. The number of hydrogen-bond donors (Lipinski definition) is 1. The summed E-state index contributed by atoms with van der Waals surface area (Å²) in [6, 6.07) is 4.30. The molecule has 0 aromatic heterocycles. The predicted octanol–water partition coefficient (Wildman–Crippen LogP) is 3.09. The van der Waals surface area contributed by atoms with Crippen LogP contribution in [0.2, 0.25) is 0 Å². The van der Waals surface area contributed by atoms with E-state index >= 15 is 0 Å². The van der Waals surface area contributed by atoms with Crippen molar-refractivity contribution >= 4 is 21.4 Å². The molecule has 2 rings (SSSR count). The van der Waals surface area contributed by atoms with Gasteiger partial charge in [-0.15, -0.1) is 0 Å². The number of sulfonamides is 1. The summed E-state index contributed by atoms with van der Waals surface area (Å²) in [5.74, 6) is 0.473. The van der Waals surface area contributed by atoms with Crippen LogP contribution in [0.5, 0.6) is 0 Å². The summed E-state index contributed by atoms with van der Waals surface area (Å²) in [7, 11) is -3.39. The van der Waals surface area contributed by atoms with Crippen LogP contribution in [0.3, 0.4) is 0 Å². The summed E-state index contributed by atoms with van der Waals surface area (Å²) in [6.45, 7) is 0. The zero-order valence-electron chi connectivity index (χ0n) is 12.0. The second-order valence-corrected chi connectivity index (χ2v) is 7.43. The molecule has 1 aliphatic carbocycles. The molecule has 1 aromatic carbocycles. The Morgan fingerprint density at radius 3 is 2.52 bits per heavy atom. The molecule has 1 aliphatic rings. The van der Waals surface area contributed by atoms with E-state index in [1.54, 1.807) is 0 Å². The average molecular weight is 312 g/mol. The number of hydrogen-bond acceptors (Lipinski definition) is 4. The molecule has 0 aliphatic heterocycles. The Labute approximate surface area is 124 Å². The zero-order valence-corrected chi connectivity index (χ0v) is 12.9. The molecule has 21 heavy (non-hydrogen) atoms. The number of non-ortho nitro benzene ring substituents is 1. The summed E-state index contributed by atoms with van der Waals surface area (Å²) in [5.41, 5.74) is 1.16. The number of nitro groups is 1. The first kappa shape index (κ1) is 15.8. The second kappa shape index (κ2) is 6.43. The fourth-order valence-corrected chi connectivity index (χ4v) is 3.46. The van der Waals surface area contributed by atoms with Gasteiger partial charge >= 0.3 is 0 Å². The number of benzene rings is 1. The molecular weight excluding hydrogens is 292 g/mol. The van der Waals surface area contributed by atoms with Crippen molar-refractivity contribution in [3.05, 3.63) is 33.9 Å². The first-order valence-electron chi connectivity index (χ1n) is 7.10. The Bertz CT molecular complexity index is 622. The molecule has 1 saturated carbocycles. The normalized spacial score (nSPS) is 16.6. The summed E-state index contributed by atoms with van der Waals surface area (Å²) in [5, 5.41) is 10.9. The molecule has 116 valence electrons. The molecule has 0 bridgehead atoms. The van der Waals surface area contributed by atoms with Gasteiger partial charge < -0.3 is 0 Å². The highest BCUT2D eigenvalue weighted by Crippen LogP contribution is 2.31. The first-order chi connectivity index (χ1) is 9.85. The topological polar surface area (TPSA) is 89.3 Å². The molecule has 6 nitrogen and oxygen atoms in total. The highest BCUT2D eigenvalue weighted by molar-refractivity contribution is 7.92. The van der Waals surface area contributed by atoms with Crippen molar-refractivity contribution < 1.29 is 13.3 Å². The fraction of sp³-hybridized carbons (Fsp3) is 0.571. The van der Waals surface area contributed by atoms with E-state index in [1.807, 2.05) is 0 Å². The largest absolute Gasteiger partial charge is 0.283 e. The van der Waals surface area contributed by atoms with E-state index in [9.17, 15) is 18.5 Å². The van der Waals surface area contributed by atoms with Crippen molar-refractivity contribution in [3.8, 4) is 0 Å². The van der Waals surface area contributed by atoms with Gasteiger partial charge in [-0.2, -0.15) is 0 Å². The second-order valence-electron chi connectivity index (χ2n) is 5.68. The molecule has 0 unspecified atom stereocenters.